The second-order valence-corrected chi connectivity index (χ2v) is 4.85. The van der Waals surface area contributed by atoms with Crippen LogP contribution in [0.5, 0.6) is 0 Å². The molecule has 0 aliphatic carbocycles. The fraction of sp³-hybridized carbons (Fsp3) is 0.267. The molecule has 0 aliphatic rings. The molecule has 24 heavy (non-hydrogen) atoms. The molecule has 9 heteroatoms. The number of nitrogens with zero attached hydrogens (tertiary/aromatic N) is 2. The second-order valence-electron chi connectivity index (χ2n) is 4.85. The highest BCUT2D eigenvalue weighted by molar-refractivity contribution is 5.99. The number of anilines is 1. The lowest BCUT2D eigenvalue weighted by atomic mass is 10.1. The molecular weight excluding hydrogens is 327 g/mol. The molecule has 0 bridgehead atoms. The first kappa shape index (κ1) is 17.5. The van der Waals surface area contributed by atoms with Crippen molar-refractivity contribution in [2.24, 2.45) is 7.05 Å². The van der Waals surface area contributed by atoms with Crippen LogP contribution in [0.3, 0.4) is 0 Å². The number of esters is 1. The molecule has 1 aromatic carbocycles. The zero-order valence-electron chi connectivity index (χ0n) is 12.9. The van der Waals surface area contributed by atoms with Gasteiger partial charge in [0.1, 0.15) is 23.3 Å². The summed E-state index contributed by atoms with van der Waals surface area (Å²) in [5.41, 5.74) is -0.707. The van der Waals surface area contributed by atoms with Gasteiger partial charge in [0.05, 0.1) is 19.4 Å². The Morgan fingerprint density at radius 2 is 1.88 bits per heavy atom. The van der Waals surface area contributed by atoms with Crippen LogP contribution in [0.15, 0.2) is 18.5 Å². The van der Waals surface area contributed by atoms with Crippen molar-refractivity contribution in [3.63, 3.8) is 0 Å². The molecule has 0 saturated carbocycles. The van der Waals surface area contributed by atoms with Gasteiger partial charge in [-0.25, -0.2) is 22.9 Å². The first-order chi connectivity index (χ1) is 11.3. The summed E-state index contributed by atoms with van der Waals surface area (Å²) < 4.78 is 46.2. The number of carbonyl (C=O) groups is 2. The number of hydrogen-bond donors (Lipinski definition) is 1. The summed E-state index contributed by atoms with van der Waals surface area (Å²) in [6, 6.07) is 0.972. The summed E-state index contributed by atoms with van der Waals surface area (Å²) in [7, 11) is 1.52. The minimum absolute atomic E-state index is 0.0291. The average Bonchev–Trinajstić information content (AvgIpc) is 2.84. The van der Waals surface area contributed by atoms with Crippen molar-refractivity contribution in [1.29, 1.82) is 0 Å². The summed E-state index contributed by atoms with van der Waals surface area (Å²) in [5, 5.41) is 2.35. The van der Waals surface area contributed by atoms with E-state index in [0.29, 0.717) is 12.1 Å². The molecule has 0 fully saturated rings. The van der Waals surface area contributed by atoms with Gasteiger partial charge in [-0.2, -0.15) is 0 Å². The molecule has 0 atom stereocenters. The monoisotopic (exact) mass is 341 g/mol. The van der Waals surface area contributed by atoms with Crippen LogP contribution in [0.4, 0.5) is 19.0 Å². The average molecular weight is 341 g/mol. The quantitative estimate of drug-likeness (QED) is 0.846. The molecule has 1 aromatic heterocycles. The van der Waals surface area contributed by atoms with Crippen molar-refractivity contribution in [1.82, 2.24) is 9.55 Å². The zero-order chi connectivity index (χ0) is 17.9. The lowest BCUT2D eigenvalue weighted by Gasteiger charge is -2.09. The number of aryl methyl sites for hydroxylation is 1. The number of amides is 1. The molecule has 1 N–H and O–H groups in total. The topological polar surface area (TPSA) is 73.2 Å². The molecule has 0 radical (unpaired) electrons. The van der Waals surface area contributed by atoms with Crippen molar-refractivity contribution in [2.75, 3.05) is 11.9 Å². The van der Waals surface area contributed by atoms with Crippen LogP contribution in [0.1, 0.15) is 23.0 Å². The van der Waals surface area contributed by atoms with Crippen LogP contribution in [-0.4, -0.2) is 28.0 Å². The van der Waals surface area contributed by atoms with Gasteiger partial charge in [0, 0.05) is 24.7 Å². The maximum Gasteiger partial charge on any atom is 0.360 e. The highest BCUT2D eigenvalue weighted by Crippen LogP contribution is 2.18. The Morgan fingerprint density at radius 3 is 2.46 bits per heavy atom. The fourth-order valence-corrected chi connectivity index (χ4v) is 2.00. The molecule has 2 aromatic rings. The van der Waals surface area contributed by atoms with E-state index in [2.05, 4.69) is 10.3 Å². The molecule has 128 valence electrons. The van der Waals surface area contributed by atoms with Crippen LogP contribution in [0, 0.1) is 17.5 Å². The number of ether oxygens (including phenoxy) is 1. The third-order valence-electron chi connectivity index (χ3n) is 3.11. The van der Waals surface area contributed by atoms with Gasteiger partial charge in [0.25, 0.3) is 0 Å². The van der Waals surface area contributed by atoms with Gasteiger partial charge < -0.3 is 14.6 Å². The molecule has 2 rings (SSSR count). The maximum atomic E-state index is 13.6. The predicted molar refractivity (Wildman–Crippen MR) is 77.8 cm³/mol. The van der Waals surface area contributed by atoms with Gasteiger partial charge in [-0.15, -0.1) is 0 Å². The Morgan fingerprint density at radius 1 is 1.25 bits per heavy atom. The van der Waals surface area contributed by atoms with E-state index in [0.717, 1.165) is 0 Å². The Hall–Kier alpha value is -2.84. The number of halogens is 3. The van der Waals surface area contributed by atoms with Crippen molar-refractivity contribution in [3.05, 3.63) is 47.2 Å². The molecule has 6 nitrogen and oxygen atoms in total. The van der Waals surface area contributed by atoms with Crippen LogP contribution < -0.4 is 5.32 Å². The van der Waals surface area contributed by atoms with Gasteiger partial charge in [-0.1, -0.05) is 0 Å². The van der Waals surface area contributed by atoms with Gasteiger partial charge in [0.2, 0.25) is 5.91 Å². The molecule has 0 aliphatic heterocycles. The third-order valence-corrected chi connectivity index (χ3v) is 3.11. The van der Waals surface area contributed by atoms with Crippen LogP contribution in [0.2, 0.25) is 0 Å². The number of rotatable bonds is 5. The third kappa shape index (κ3) is 3.73. The summed E-state index contributed by atoms with van der Waals surface area (Å²) in [5.74, 6) is -4.93. The minimum Gasteiger partial charge on any atom is -0.461 e. The van der Waals surface area contributed by atoms with Crippen LogP contribution in [0.25, 0.3) is 0 Å². The van der Waals surface area contributed by atoms with E-state index in [9.17, 15) is 22.8 Å². The number of nitrogens with one attached hydrogen (secondary N) is 1. The van der Waals surface area contributed by atoms with Crippen molar-refractivity contribution >= 4 is 17.7 Å². The van der Waals surface area contributed by atoms with Crippen LogP contribution in [-0.2, 0) is 23.0 Å². The molecule has 1 amide bonds. The lowest BCUT2D eigenvalue weighted by Crippen LogP contribution is -2.20. The van der Waals surface area contributed by atoms with Crippen LogP contribution >= 0.6 is 0 Å². The second kappa shape index (κ2) is 7.16. The number of hydrogen-bond acceptors (Lipinski definition) is 4. The van der Waals surface area contributed by atoms with Gasteiger partial charge in [0.15, 0.2) is 5.69 Å². The van der Waals surface area contributed by atoms with E-state index < -0.39 is 41.3 Å². The smallest absolute Gasteiger partial charge is 0.360 e. The largest absolute Gasteiger partial charge is 0.461 e. The van der Waals surface area contributed by atoms with Gasteiger partial charge in [-0.3, -0.25) is 4.79 Å². The summed E-state index contributed by atoms with van der Waals surface area (Å²) in [4.78, 5) is 27.6. The Kier molecular flexibility index (Phi) is 5.22. The van der Waals surface area contributed by atoms with E-state index in [1.54, 1.807) is 6.92 Å². The summed E-state index contributed by atoms with van der Waals surface area (Å²) in [6.07, 6.45) is 0.603. The summed E-state index contributed by atoms with van der Waals surface area (Å²) >= 11 is 0. The number of aromatic nitrogens is 2. The van der Waals surface area contributed by atoms with Crippen molar-refractivity contribution in [3.8, 4) is 0 Å². The highest BCUT2D eigenvalue weighted by atomic mass is 19.1. The van der Waals surface area contributed by atoms with Crippen molar-refractivity contribution in [2.45, 2.75) is 13.3 Å². The van der Waals surface area contributed by atoms with E-state index >= 15 is 0 Å². The Labute approximate surface area is 135 Å². The van der Waals surface area contributed by atoms with Gasteiger partial charge in [-0.05, 0) is 6.92 Å². The fourth-order valence-electron chi connectivity index (χ4n) is 2.00. The Bertz CT molecular complexity index is 767. The van der Waals surface area contributed by atoms with E-state index in [1.165, 1.54) is 17.9 Å². The van der Waals surface area contributed by atoms with E-state index in [4.69, 9.17) is 4.74 Å². The lowest BCUT2D eigenvalue weighted by molar-refractivity contribution is -0.115. The first-order valence-corrected chi connectivity index (χ1v) is 6.95. The molecule has 0 unspecified atom stereocenters. The number of benzene rings is 1. The number of imidazole rings is 1. The van der Waals surface area contributed by atoms with E-state index in [1.807, 2.05) is 0 Å². The molecule has 0 spiro atoms. The highest BCUT2D eigenvalue weighted by Gasteiger charge is 2.21. The molecule has 0 saturated heterocycles. The van der Waals surface area contributed by atoms with Crippen molar-refractivity contribution < 1.29 is 27.5 Å². The van der Waals surface area contributed by atoms with Gasteiger partial charge >= 0.3 is 5.97 Å². The molecular formula is C15H14F3N3O3. The standard InChI is InChI=1S/C15H14F3N3O3/c1-3-24-15(23)13-14(21(2)7-19-13)20-12(22)6-9-10(17)4-8(16)5-11(9)18/h4-5,7H,3,6H2,1-2H3,(H,20,22). The maximum absolute atomic E-state index is 13.6. The molecule has 1 heterocycles. The minimum atomic E-state index is -1.17. The SMILES string of the molecule is CCOC(=O)c1ncn(C)c1NC(=O)Cc1c(F)cc(F)cc1F. The first-order valence-electron chi connectivity index (χ1n) is 6.95. The normalized spacial score (nSPS) is 10.5. The summed E-state index contributed by atoms with van der Waals surface area (Å²) in [6.45, 7) is 1.73. The Balaban J connectivity index is 2.20. The zero-order valence-corrected chi connectivity index (χ0v) is 12.9. The predicted octanol–water partition coefficient (Wildman–Crippen LogP) is 2.20. The van der Waals surface area contributed by atoms with E-state index in [-0.39, 0.29) is 18.1 Å². The number of carbonyl (C=O) groups excluding carboxylic acids is 2.